The van der Waals surface area contributed by atoms with Crippen molar-refractivity contribution < 1.29 is 31.9 Å². The van der Waals surface area contributed by atoms with E-state index in [-0.39, 0.29) is 70.2 Å². The molecule has 2 atom stereocenters. The Morgan fingerprint density at radius 2 is 1.73 bits per heavy atom. The number of amides is 2. The zero-order valence-corrected chi connectivity index (χ0v) is 40.9. The van der Waals surface area contributed by atoms with Crippen molar-refractivity contribution >= 4 is 38.8 Å². The summed E-state index contributed by atoms with van der Waals surface area (Å²) in [5.41, 5.74) is 2.38. The molecule has 4 aliphatic heterocycles. The molecule has 0 bridgehead atoms. The van der Waals surface area contributed by atoms with Crippen LogP contribution >= 0.6 is 11.6 Å². The van der Waals surface area contributed by atoms with Gasteiger partial charge in [-0.1, -0.05) is 64.4 Å². The minimum absolute atomic E-state index is 0.00667. The van der Waals surface area contributed by atoms with Crippen LogP contribution in [0.4, 0.5) is 4.39 Å². The molecule has 4 heterocycles. The van der Waals surface area contributed by atoms with Crippen molar-refractivity contribution in [2.24, 2.45) is 22.7 Å². The second kappa shape index (κ2) is 19.8. The maximum absolute atomic E-state index is 16.2. The molecule has 2 amide bonds. The van der Waals surface area contributed by atoms with Gasteiger partial charge in [0.25, 0.3) is 0 Å². The molecule has 0 spiro atoms. The van der Waals surface area contributed by atoms with E-state index < -0.39 is 21.7 Å². The van der Waals surface area contributed by atoms with Crippen molar-refractivity contribution in [2.45, 2.75) is 84.1 Å². The van der Waals surface area contributed by atoms with Crippen molar-refractivity contribution in [2.75, 3.05) is 65.2 Å². The molecule has 4 fully saturated rings. The number of piperazine rings is 1. The predicted molar refractivity (Wildman–Crippen MR) is 256 cm³/mol. The summed E-state index contributed by atoms with van der Waals surface area (Å²) in [5.74, 6) is 0.187. The summed E-state index contributed by atoms with van der Waals surface area (Å²) in [4.78, 5) is 32.9. The van der Waals surface area contributed by atoms with Crippen LogP contribution in [0.15, 0.2) is 60.8 Å². The average Bonchev–Trinajstić information content (AvgIpc) is 3.81. The van der Waals surface area contributed by atoms with Crippen LogP contribution in [0.1, 0.15) is 69.7 Å². The van der Waals surface area contributed by atoms with Crippen LogP contribution < -0.4 is 30.7 Å². The number of likely N-dealkylation sites (N-methyl/N-ethyl adjacent to an activating group) is 1. The largest absolute Gasteiger partial charge is 0.489 e. The molecule has 17 heteroatoms. The van der Waals surface area contributed by atoms with Gasteiger partial charge in [-0.25, -0.2) is 12.8 Å². The van der Waals surface area contributed by atoms with Gasteiger partial charge in [0, 0.05) is 92.7 Å². The molecule has 3 aromatic carbocycles. The lowest BCUT2D eigenvalue weighted by Crippen LogP contribution is -2.75. The van der Waals surface area contributed by atoms with Gasteiger partial charge < -0.3 is 29.9 Å². The highest BCUT2D eigenvalue weighted by atomic mass is 35.5. The van der Waals surface area contributed by atoms with Gasteiger partial charge in [-0.05, 0) is 79.4 Å². The van der Waals surface area contributed by atoms with Gasteiger partial charge in [0.05, 0.1) is 28.3 Å². The maximum atomic E-state index is 16.2. The fourth-order valence-corrected chi connectivity index (χ4v) is 12.2. The summed E-state index contributed by atoms with van der Waals surface area (Å²) in [5, 5.41) is 23.4. The molecule has 2 unspecified atom stereocenters. The van der Waals surface area contributed by atoms with Gasteiger partial charge >= 0.3 is 0 Å². The van der Waals surface area contributed by atoms with E-state index >= 15 is 4.39 Å². The van der Waals surface area contributed by atoms with Crippen LogP contribution in [0, 0.1) is 39.8 Å². The normalized spacial score (nSPS) is 26.2. The van der Waals surface area contributed by atoms with Crippen LogP contribution in [-0.4, -0.2) is 125 Å². The topological polar surface area (TPSA) is 168 Å². The van der Waals surface area contributed by atoms with Crippen LogP contribution in [-0.2, 0) is 31.6 Å². The summed E-state index contributed by atoms with van der Waals surface area (Å²) in [6.07, 6.45) is 3.61. The average molecular weight is 960 g/mol. The van der Waals surface area contributed by atoms with Gasteiger partial charge in [0.2, 0.25) is 11.8 Å². The van der Waals surface area contributed by atoms with E-state index in [4.69, 9.17) is 21.1 Å². The van der Waals surface area contributed by atoms with Gasteiger partial charge in [-0.3, -0.25) is 25.1 Å². The second-order valence-electron chi connectivity index (χ2n) is 19.9. The number of nitrogens with zero attached hydrogens (tertiary/aromatic N) is 4. The summed E-state index contributed by atoms with van der Waals surface area (Å²) in [7, 11) is -1.61. The summed E-state index contributed by atoms with van der Waals surface area (Å²) < 4.78 is 54.2. The Bertz CT molecular complexity index is 2520. The lowest BCUT2D eigenvalue weighted by atomic mass is 9.49. The Hall–Kier alpha value is -4.60. The van der Waals surface area contributed by atoms with E-state index in [1.165, 1.54) is 0 Å². The summed E-state index contributed by atoms with van der Waals surface area (Å²) >= 11 is 6.27. The number of hydrogen-bond acceptors (Lipinski definition) is 12. The molecule has 4 N–H and O–H groups in total. The fraction of sp³-hybridized carbons (Fsp3) is 0.540. The van der Waals surface area contributed by atoms with Crippen molar-refractivity contribution in [1.29, 1.82) is 5.26 Å². The lowest BCUT2D eigenvalue weighted by molar-refractivity contribution is -0.174. The molecule has 14 nitrogen and oxygen atoms in total. The van der Waals surface area contributed by atoms with Gasteiger partial charge in [0.15, 0.2) is 21.4 Å². The Kier molecular flexibility index (Phi) is 14.4. The van der Waals surface area contributed by atoms with Gasteiger partial charge in [-0.2, -0.15) is 5.26 Å². The van der Waals surface area contributed by atoms with E-state index in [0.29, 0.717) is 64.8 Å². The number of aryl methyl sites for hydroxylation is 1. The number of nitriles is 1. The second-order valence-corrected chi connectivity index (χ2v) is 22.7. The Labute approximate surface area is 399 Å². The zero-order chi connectivity index (χ0) is 47.8. The molecule has 8 rings (SSSR count). The number of nitrogens with one attached hydrogen (secondary N) is 4. The van der Waals surface area contributed by atoms with Crippen LogP contribution in [0.5, 0.6) is 17.2 Å². The SMILES string of the molecule is CCS(=O)(=O)Cc1ccc(Oc2cccc(CCCN3CCN(C4NCC(C(=O)NC5C(C)(C)C(Oc6ccc(C#N)c(Cl)c6)C5(C)C)CN4)CC3)c2F)c(C2=CN(C)C(=O)C3NCCC23)c1. The number of benzene rings is 3. The molecular weight excluding hydrogens is 895 g/mol. The van der Waals surface area contributed by atoms with Crippen LogP contribution in [0.3, 0.4) is 0 Å². The van der Waals surface area contributed by atoms with E-state index in [2.05, 4.69) is 64.8 Å². The first kappa shape index (κ1) is 48.8. The number of halogens is 2. The van der Waals surface area contributed by atoms with Crippen molar-refractivity contribution in [3.63, 3.8) is 0 Å². The highest BCUT2D eigenvalue weighted by Gasteiger charge is 2.64. The minimum Gasteiger partial charge on any atom is -0.489 e. The number of ether oxygens (including phenoxy) is 2. The molecule has 5 aliphatic rings. The Morgan fingerprint density at radius 1 is 1.00 bits per heavy atom. The molecule has 67 heavy (non-hydrogen) atoms. The van der Waals surface area contributed by atoms with E-state index in [1.54, 1.807) is 73.6 Å². The predicted octanol–water partition coefficient (Wildman–Crippen LogP) is 5.51. The third-order valence-corrected chi connectivity index (χ3v) is 16.6. The highest BCUT2D eigenvalue weighted by Crippen LogP contribution is 2.55. The van der Waals surface area contributed by atoms with Gasteiger partial charge in [0.1, 0.15) is 30.0 Å². The highest BCUT2D eigenvalue weighted by molar-refractivity contribution is 7.90. The maximum Gasteiger partial charge on any atom is 0.244 e. The molecule has 0 aromatic heterocycles. The smallest absolute Gasteiger partial charge is 0.244 e. The van der Waals surface area contributed by atoms with Gasteiger partial charge in [-0.15, -0.1) is 0 Å². The first-order valence-electron chi connectivity index (χ1n) is 23.5. The van der Waals surface area contributed by atoms with Crippen LogP contribution in [0.25, 0.3) is 5.57 Å². The molecule has 360 valence electrons. The number of carbonyl (C=O) groups excluding carboxylic acids is 2. The minimum atomic E-state index is -3.32. The summed E-state index contributed by atoms with van der Waals surface area (Å²) in [6.45, 7) is 16.1. The first-order valence-corrected chi connectivity index (χ1v) is 25.7. The monoisotopic (exact) mass is 958 g/mol. The third kappa shape index (κ3) is 10.2. The number of hydrogen-bond donors (Lipinski definition) is 4. The van der Waals surface area contributed by atoms with Crippen molar-refractivity contribution in [3.8, 4) is 23.3 Å². The molecule has 3 saturated heterocycles. The van der Waals surface area contributed by atoms with E-state index in [0.717, 1.165) is 51.1 Å². The van der Waals surface area contributed by atoms with E-state index in [1.807, 2.05) is 6.07 Å². The van der Waals surface area contributed by atoms with E-state index in [9.17, 15) is 23.3 Å². The molecule has 3 aromatic rings. The number of rotatable bonds is 15. The Balaban J connectivity index is 0.809. The number of sulfone groups is 1. The standard InChI is InChI=1S/C50H64ClFN8O6S/c1-7-67(63,64)30-31-13-16-40(37(24-31)38-29-58(6)45(62)43-36(38)17-18-54-43)66-41-12-8-10-32(42(41)52)11-9-19-59-20-22-60(23-21-59)48-55-27-34(28-56-48)44(61)57-46-49(2,3)47(50(46,4)5)65-35-15-14-33(26-53)39(51)25-35/h8,10,12-16,24-25,29,34,36,43,46-48,54-56H,7,9,11,17-23,27-28,30H2,1-6H3,(H,57,61). The fourth-order valence-electron chi connectivity index (χ4n) is 11.1. The lowest BCUT2D eigenvalue weighted by Gasteiger charge is -2.63. The zero-order valence-electron chi connectivity index (χ0n) is 39.3. The molecule has 1 aliphatic carbocycles. The first-order chi connectivity index (χ1) is 31.9. The quantitative estimate of drug-likeness (QED) is 0.151. The number of carbonyl (C=O) groups is 2. The molecule has 1 saturated carbocycles. The van der Waals surface area contributed by atoms with Crippen molar-refractivity contribution in [3.05, 3.63) is 93.9 Å². The van der Waals surface area contributed by atoms with Crippen molar-refractivity contribution in [1.82, 2.24) is 36.0 Å². The summed E-state index contributed by atoms with van der Waals surface area (Å²) in [6, 6.07) is 17.1. The van der Waals surface area contributed by atoms with Crippen LogP contribution in [0.2, 0.25) is 5.02 Å². The molecule has 0 radical (unpaired) electrons. The third-order valence-electron chi connectivity index (χ3n) is 14.6. The Morgan fingerprint density at radius 3 is 2.42 bits per heavy atom. The molecular formula is C50H64ClFN8O6S. The number of fused-ring (bicyclic) bond motifs is 1.